The molecule has 2 fully saturated rings. The molecule has 0 saturated carbocycles. The lowest BCUT2D eigenvalue weighted by Crippen LogP contribution is -2.62. The SMILES string of the molecule is CSC[C@@H]1O[C@@H](O[C@@H]2[C@H](OCc3ccccc3)[C@@H](O)O[C@H](COCc3ccccc3)[C@H]2OCc2ccccc2)[C@@H](OCc2ccccc2)[C@@H]1OCc1ccccc1. The van der Waals surface area contributed by atoms with Crippen LogP contribution in [-0.2, 0) is 70.9 Å². The molecular formula is C47H52O9S. The zero-order chi connectivity index (χ0) is 39.1. The fraction of sp³-hybridized carbons (Fsp3) is 0.362. The Hall–Kier alpha value is -3.91. The molecule has 0 aliphatic carbocycles. The Morgan fingerprint density at radius 2 is 0.842 bits per heavy atom. The van der Waals surface area contributed by atoms with Crippen molar-refractivity contribution >= 4 is 11.8 Å². The molecule has 2 saturated heterocycles. The largest absolute Gasteiger partial charge is 0.374 e. The van der Waals surface area contributed by atoms with Crippen molar-refractivity contribution in [2.24, 2.45) is 0 Å². The van der Waals surface area contributed by atoms with Gasteiger partial charge in [0.15, 0.2) is 12.6 Å². The lowest BCUT2D eigenvalue weighted by Gasteiger charge is -2.45. The first-order chi connectivity index (χ1) is 28.1. The fourth-order valence-corrected chi connectivity index (χ4v) is 7.73. The Morgan fingerprint density at radius 3 is 1.28 bits per heavy atom. The van der Waals surface area contributed by atoms with Gasteiger partial charge in [-0.15, -0.1) is 0 Å². The number of rotatable bonds is 20. The molecule has 2 aliphatic heterocycles. The van der Waals surface area contributed by atoms with E-state index in [1.54, 1.807) is 11.8 Å². The normalized spacial score (nSPS) is 26.0. The molecule has 2 aliphatic rings. The van der Waals surface area contributed by atoms with E-state index in [2.05, 4.69) is 0 Å². The molecule has 10 heteroatoms. The molecule has 2 heterocycles. The molecular weight excluding hydrogens is 741 g/mol. The van der Waals surface area contributed by atoms with Crippen molar-refractivity contribution in [2.45, 2.75) is 88.3 Å². The summed E-state index contributed by atoms with van der Waals surface area (Å²) < 4.78 is 53.1. The van der Waals surface area contributed by atoms with Crippen LogP contribution in [0, 0.1) is 0 Å². The smallest absolute Gasteiger partial charge is 0.187 e. The third kappa shape index (κ3) is 11.8. The van der Waals surface area contributed by atoms with Crippen LogP contribution in [0.3, 0.4) is 0 Å². The van der Waals surface area contributed by atoms with Gasteiger partial charge in [0.25, 0.3) is 0 Å². The average Bonchev–Trinajstić information content (AvgIpc) is 3.58. The minimum absolute atomic E-state index is 0.133. The average molecular weight is 793 g/mol. The van der Waals surface area contributed by atoms with Crippen molar-refractivity contribution < 1.29 is 43.0 Å². The van der Waals surface area contributed by atoms with E-state index >= 15 is 0 Å². The van der Waals surface area contributed by atoms with Gasteiger partial charge in [-0.05, 0) is 34.1 Å². The third-order valence-corrected chi connectivity index (χ3v) is 10.7. The minimum atomic E-state index is -1.36. The molecule has 9 nitrogen and oxygen atoms in total. The van der Waals surface area contributed by atoms with E-state index in [-0.39, 0.29) is 25.9 Å². The second-order valence-electron chi connectivity index (χ2n) is 14.2. The maximum Gasteiger partial charge on any atom is 0.187 e. The first-order valence-electron chi connectivity index (χ1n) is 19.5. The van der Waals surface area contributed by atoms with Crippen LogP contribution in [0.25, 0.3) is 0 Å². The Balaban J connectivity index is 1.20. The Kier molecular flexibility index (Phi) is 15.7. The Labute approximate surface area is 340 Å². The highest BCUT2D eigenvalue weighted by Gasteiger charge is 2.53. The van der Waals surface area contributed by atoms with Crippen molar-refractivity contribution in [2.75, 3.05) is 18.6 Å². The molecule has 0 unspecified atom stereocenters. The predicted octanol–water partition coefficient (Wildman–Crippen LogP) is 7.74. The topological polar surface area (TPSA) is 94.1 Å². The first kappa shape index (κ1) is 41.3. The molecule has 57 heavy (non-hydrogen) atoms. The molecule has 0 amide bonds. The monoisotopic (exact) mass is 792 g/mol. The summed E-state index contributed by atoms with van der Waals surface area (Å²) in [6, 6.07) is 49.8. The zero-order valence-electron chi connectivity index (χ0n) is 32.2. The van der Waals surface area contributed by atoms with Crippen LogP contribution in [0.15, 0.2) is 152 Å². The van der Waals surface area contributed by atoms with Crippen LogP contribution in [-0.4, -0.2) is 79.0 Å². The van der Waals surface area contributed by atoms with Crippen molar-refractivity contribution in [3.8, 4) is 0 Å². The molecule has 0 spiro atoms. The number of ether oxygens (including phenoxy) is 8. The van der Waals surface area contributed by atoms with Crippen molar-refractivity contribution in [3.05, 3.63) is 179 Å². The third-order valence-electron chi connectivity index (χ3n) is 10.0. The van der Waals surface area contributed by atoms with Gasteiger partial charge in [-0.3, -0.25) is 0 Å². The first-order valence-corrected chi connectivity index (χ1v) is 20.9. The van der Waals surface area contributed by atoms with E-state index < -0.39 is 49.2 Å². The molecule has 5 aromatic rings. The molecule has 5 aromatic carbocycles. The van der Waals surface area contributed by atoms with E-state index in [4.69, 9.17) is 37.9 Å². The quantitative estimate of drug-likeness (QED) is 0.0845. The van der Waals surface area contributed by atoms with Gasteiger partial charge < -0.3 is 43.0 Å². The van der Waals surface area contributed by atoms with Gasteiger partial charge in [0, 0.05) is 5.75 Å². The molecule has 0 aromatic heterocycles. The van der Waals surface area contributed by atoms with Gasteiger partial charge in [0.05, 0.1) is 45.7 Å². The Morgan fingerprint density at radius 1 is 0.456 bits per heavy atom. The maximum absolute atomic E-state index is 11.8. The van der Waals surface area contributed by atoms with Gasteiger partial charge >= 0.3 is 0 Å². The summed E-state index contributed by atoms with van der Waals surface area (Å²) in [5, 5.41) is 11.8. The maximum atomic E-state index is 11.8. The van der Waals surface area contributed by atoms with Crippen molar-refractivity contribution in [1.29, 1.82) is 0 Å². The lowest BCUT2D eigenvalue weighted by molar-refractivity contribution is -0.339. The second-order valence-corrected chi connectivity index (χ2v) is 15.1. The van der Waals surface area contributed by atoms with Crippen LogP contribution >= 0.6 is 11.8 Å². The summed E-state index contributed by atoms with van der Waals surface area (Å²) in [5.41, 5.74) is 4.99. The van der Waals surface area contributed by atoms with Crippen LogP contribution in [0.4, 0.5) is 0 Å². The minimum Gasteiger partial charge on any atom is -0.374 e. The summed E-state index contributed by atoms with van der Waals surface area (Å²) >= 11 is 1.67. The van der Waals surface area contributed by atoms with Crippen LogP contribution in [0.1, 0.15) is 27.8 Å². The van der Waals surface area contributed by atoms with E-state index in [1.165, 1.54) is 0 Å². The molecule has 1 N–H and O–H groups in total. The summed E-state index contributed by atoms with van der Waals surface area (Å²) in [6.07, 6.45) is -4.97. The predicted molar refractivity (Wildman–Crippen MR) is 219 cm³/mol. The van der Waals surface area contributed by atoms with Crippen LogP contribution < -0.4 is 0 Å². The van der Waals surface area contributed by atoms with Gasteiger partial charge in [-0.25, -0.2) is 0 Å². The van der Waals surface area contributed by atoms with Gasteiger partial charge in [-0.2, -0.15) is 11.8 Å². The van der Waals surface area contributed by atoms with E-state index in [0.717, 1.165) is 27.8 Å². The van der Waals surface area contributed by atoms with Gasteiger partial charge in [0.2, 0.25) is 0 Å². The summed E-state index contributed by atoms with van der Waals surface area (Å²) in [6.45, 7) is 1.67. The Bertz CT molecular complexity index is 1840. The summed E-state index contributed by atoms with van der Waals surface area (Å²) in [4.78, 5) is 0. The van der Waals surface area contributed by atoms with Crippen LogP contribution in [0.5, 0.6) is 0 Å². The number of aliphatic hydroxyl groups excluding tert-OH is 1. The second kappa shape index (κ2) is 21.7. The molecule has 300 valence electrons. The van der Waals surface area contributed by atoms with Crippen LogP contribution in [0.2, 0.25) is 0 Å². The van der Waals surface area contributed by atoms with Crippen molar-refractivity contribution in [3.63, 3.8) is 0 Å². The van der Waals surface area contributed by atoms with E-state index in [9.17, 15) is 5.11 Å². The number of benzene rings is 5. The lowest BCUT2D eigenvalue weighted by atomic mass is 9.97. The molecule has 0 bridgehead atoms. The van der Waals surface area contributed by atoms with Gasteiger partial charge in [0.1, 0.15) is 36.6 Å². The zero-order valence-corrected chi connectivity index (χ0v) is 33.0. The number of hydrogen-bond acceptors (Lipinski definition) is 10. The van der Waals surface area contributed by atoms with Crippen molar-refractivity contribution in [1.82, 2.24) is 0 Å². The molecule has 0 radical (unpaired) electrons. The number of thioether (sulfide) groups is 1. The number of hydrogen-bond donors (Lipinski definition) is 1. The summed E-state index contributed by atoms with van der Waals surface area (Å²) in [5.74, 6) is 0.652. The fourth-order valence-electron chi connectivity index (χ4n) is 7.13. The highest BCUT2D eigenvalue weighted by molar-refractivity contribution is 7.98. The number of aliphatic hydroxyl groups is 1. The van der Waals surface area contributed by atoms with E-state index in [0.29, 0.717) is 25.6 Å². The van der Waals surface area contributed by atoms with E-state index in [1.807, 2.05) is 158 Å². The molecule has 7 rings (SSSR count). The van der Waals surface area contributed by atoms with Gasteiger partial charge in [-0.1, -0.05) is 152 Å². The standard InChI is InChI=1S/C47H52O9S/c1-57-33-40-42(51-29-36-21-11-4-12-22-36)45(53-31-38-25-15-6-16-26-38)47(55-40)56-43-41(50-28-35-19-9-3-10-20-35)39(32-49-27-34-17-7-2-8-18-34)54-46(48)44(43)52-30-37-23-13-5-14-24-37/h2-26,39-48H,27-33H2,1H3/t39-,40+,41-,42-,43+,44+,45+,46+,47+/m1/s1. The molecule has 9 atom stereocenters. The highest BCUT2D eigenvalue weighted by Crippen LogP contribution is 2.36. The highest BCUT2D eigenvalue weighted by atomic mass is 32.2. The summed E-state index contributed by atoms with van der Waals surface area (Å²) in [7, 11) is 0.